The van der Waals surface area contributed by atoms with Gasteiger partial charge in [-0.05, 0) is 39.3 Å². The SMILES string of the molecule is C=CC[C@@H]1[C@H](NC(=O)COc2ccccc2)C(=O)N1CC(=O)OC(C)(C)C. The Labute approximate surface area is 159 Å². The van der Waals surface area contributed by atoms with Gasteiger partial charge in [0.1, 0.15) is 23.9 Å². The van der Waals surface area contributed by atoms with Gasteiger partial charge in [-0.2, -0.15) is 0 Å². The molecule has 27 heavy (non-hydrogen) atoms. The van der Waals surface area contributed by atoms with Gasteiger partial charge in [0.15, 0.2) is 6.61 Å². The molecule has 2 atom stereocenters. The fourth-order valence-electron chi connectivity index (χ4n) is 2.79. The van der Waals surface area contributed by atoms with E-state index in [4.69, 9.17) is 9.47 Å². The van der Waals surface area contributed by atoms with Gasteiger partial charge in [-0.15, -0.1) is 6.58 Å². The Morgan fingerprint density at radius 1 is 1.26 bits per heavy atom. The molecule has 7 nitrogen and oxygen atoms in total. The molecule has 1 aliphatic rings. The molecule has 1 heterocycles. The monoisotopic (exact) mass is 374 g/mol. The Kier molecular flexibility index (Phi) is 6.60. The summed E-state index contributed by atoms with van der Waals surface area (Å²) < 4.78 is 10.6. The molecule has 1 aromatic rings. The highest BCUT2D eigenvalue weighted by Crippen LogP contribution is 2.24. The van der Waals surface area contributed by atoms with Crippen LogP contribution in [0.15, 0.2) is 43.0 Å². The third-order valence-corrected chi connectivity index (χ3v) is 3.89. The second kappa shape index (κ2) is 8.70. The number of nitrogens with one attached hydrogen (secondary N) is 1. The average Bonchev–Trinajstić information content (AvgIpc) is 2.61. The number of para-hydroxylation sites is 1. The second-order valence-electron chi connectivity index (χ2n) is 7.29. The van der Waals surface area contributed by atoms with Gasteiger partial charge in [-0.1, -0.05) is 24.3 Å². The summed E-state index contributed by atoms with van der Waals surface area (Å²) >= 11 is 0. The maximum Gasteiger partial charge on any atom is 0.326 e. The lowest BCUT2D eigenvalue weighted by Crippen LogP contribution is -2.71. The first-order valence-electron chi connectivity index (χ1n) is 8.81. The number of carbonyl (C=O) groups is 3. The summed E-state index contributed by atoms with van der Waals surface area (Å²) in [7, 11) is 0. The van der Waals surface area contributed by atoms with E-state index in [0.29, 0.717) is 12.2 Å². The van der Waals surface area contributed by atoms with Crippen LogP contribution in [0.1, 0.15) is 27.2 Å². The first-order valence-corrected chi connectivity index (χ1v) is 8.81. The number of carbonyl (C=O) groups excluding carboxylic acids is 3. The molecule has 2 rings (SSSR count). The summed E-state index contributed by atoms with van der Waals surface area (Å²) in [4.78, 5) is 37.9. The van der Waals surface area contributed by atoms with Gasteiger partial charge in [0.2, 0.25) is 5.91 Å². The van der Waals surface area contributed by atoms with Gasteiger partial charge in [-0.3, -0.25) is 14.4 Å². The van der Waals surface area contributed by atoms with Crippen molar-refractivity contribution >= 4 is 17.8 Å². The van der Waals surface area contributed by atoms with E-state index in [9.17, 15) is 14.4 Å². The van der Waals surface area contributed by atoms with Gasteiger partial charge in [0.05, 0.1) is 6.04 Å². The van der Waals surface area contributed by atoms with Crippen molar-refractivity contribution in [2.75, 3.05) is 13.2 Å². The minimum Gasteiger partial charge on any atom is -0.484 e. The van der Waals surface area contributed by atoms with Crippen molar-refractivity contribution in [1.82, 2.24) is 10.2 Å². The van der Waals surface area contributed by atoms with Crippen molar-refractivity contribution in [3.63, 3.8) is 0 Å². The molecule has 2 amide bonds. The van der Waals surface area contributed by atoms with Gasteiger partial charge >= 0.3 is 5.97 Å². The van der Waals surface area contributed by atoms with Gasteiger partial charge in [-0.25, -0.2) is 0 Å². The van der Waals surface area contributed by atoms with E-state index in [2.05, 4.69) is 11.9 Å². The molecule has 1 N–H and O–H groups in total. The highest BCUT2D eigenvalue weighted by atomic mass is 16.6. The molecule has 1 saturated heterocycles. The van der Waals surface area contributed by atoms with Crippen LogP contribution in [0.3, 0.4) is 0 Å². The lowest BCUT2D eigenvalue weighted by molar-refractivity contribution is -0.167. The number of hydrogen-bond donors (Lipinski definition) is 1. The molecule has 7 heteroatoms. The fourth-order valence-corrected chi connectivity index (χ4v) is 2.79. The zero-order valence-corrected chi connectivity index (χ0v) is 15.9. The topological polar surface area (TPSA) is 84.9 Å². The molecule has 0 aromatic heterocycles. The number of esters is 1. The summed E-state index contributed by atoms with van der Waals surface area (Å²) in [5.74, 6) is -0.632. The molecule has 0 spiro atoms. The standard InChI is InChI=1S/C20H26N2O5/c1-5-9-15-18(19(25)22(15)12-17(24)27-20(2,3)4)21-16(23)13-26-14-10-7-6-8-11-14/h5-8,10-11,15,18H,1,9,12-13H2,2-4H3,(H,21,23)/t15-,18+/m1/s1. The van der Waals surface area contributed by atoms with E-state index in [0.717, 1.165) is 0 Å². The maximum absolute atomic E-state index is 12.4. The number of benzene rings is 1. The second-order valence-corrected chi connectivity index (χ2v) is 7.29. The van der Waals surface area contributed by atoms with Crippen LogP contribution in [0.25, 0.3) is 0 Å². The minimum absolute atomic E-state index is 0.151. The summed E-state index contributed by atoms with van der Waals surface area (Å²) in [5.41, 5.74) is -0.624. The van der Waals surface area contributed by atoms with E-state index in [1.807, 2.05) is 6.07 Å². The Balaban J connectivity index is 1.89. The molecule has 1 aliphatic heterocycles. The highest BCUT2D eigenvalue weighted by molar-refractivity contribution is 5.95. The van der Waals surface area contributed by atoms with Gasteiger partial charge in [0.25, 0.3) is 5.91 Å². The number of likely N-dealkylation sites (tertiary alicyclic amines) is 1. The molecular formula is C20H26N2O5. The van der Waals surface area contributed by atoms with Crippen LogP contribution >= 0.6 is 0 Å². The van der Waals surface area contributed by atoms with Crippen molar-refractivity contribution < 1.29 is 23.9 Å². The summed E-state index contributed by atoms with van der Waals surface area (Å²) in [6.07, 6.45) is 2.11. The number of amides is 2. The summed E-state index contributed by atoms with van der Waals surface area (Å²) in [6, 6.07) is 7.91. The average molecular weight is 374 g/mol. The normalized spacial score (nSPS) is 19.1. The Bertz CT molecular complexity index is 696. The van der Waals surface area contributed by atoms with E-state index in [1.54, 1.807) is 51.1 Å². The van der Waals surface area contributed by atoms with Crippen LogP contribution in [0.2, 0.25) is 0 Å². The van der Waals surface area contributed by atoms with Gasteiger partial charge < -0.3 is 19.7 Å². The van der Waals surface area contributed by atoms with Crippen LogP contribution in [0, 0.1) is 0 Å². The molecule has 0 unspecified atom stereocenters. The Morgan fingerprint density at radius 2 is 1.93 bits per heavy atom. The number of rotatable bonds is 8. The number of nitrogens with zero attached hydrogens (tertiary/aromatic N) is 1. The summed E-state index contributed by atoms with van der Waals surface area (Å²) in [5, 5.41) is 2.67. The zero-order chi connectivity index (χ0) is 20.0. The number of β-lactam (4-membered cyclic amide) rings is 1. The molecular weight excluding hydrogens is 348 g/mol. The van der Waals surface area contributed by atoms with Crippen LogP contribution in [0.5, 0.6) is 5.75 Å². The van der Waals surface area contributed by atoms with Crippen molar-refractivity contribution in [3.8, 4) is 5.75 Å². The van der Waals surface area contributed by atoms with Crippen LogP contribution in [-0.4, -0.2) is 53.5 Å². The number of hydrogen-bond acceptors (Lipinski definition) is 5. The van der Waals surface area contributed by atoms with E-state index in [1.165, 1.54) is 4.90 Å². The minimum atomic E-state index is -0.697. The van der Waals surface area contributed by atoms with Crippen LogP contribution in [0.4, 0.5) is 0 Å². The van der Waals surface area contributed by atoms with Crippen molar-refractivity contribution in [1.29, 1.82) is 0 Å². The lowest BCUT2D eigenvalue weighted by Gasteiger charge is -2.46. The molecule has 0 bridgehead atoms. The van der Waals surface area contributed by atoms with E-state index < -0.39 is 23.5 Å². The van der Waals surface area contributed by atoms with Crippen molar-refractivity contribution in [3.05, 3.63) is 43.0 Å². The largest absolute Gasteiger partial charge is 0.484 e. The molecule has 0 radical (unpaired) electrons. The third kappa shape index (κ3) is 5.84. The van der Waals surface area contributed by atoms with Crippen LogP contribution in [-0.2, 0) is 19.1 Å². The van der Waals surface area contributed by atoms with Crippen molar-refractivity contribution in [2.24, 2.45) is 0 Å². The molecule has 1 fully saturated rings. The lowest BCUT2D eigenvalue weighted by atomic mass is 9.92. The molecule has 0 saturated carbocycles. The zero-order valence-electron chi connectivity index (χ0n) is 15.9. The van der Waals surface area contributed by atoms with Gasteiger partial charge in [0, 0.05) is 0 Å². The smallest absolute Gasteiger partial charge is 0.326 e. The quantitative estimate of drug-likeness (QED) is 0.425. The number of ether oxygens (including phenoxy) is 2. The van der Waals surface area contributed by atoms with Crippen molar-refractivity contribution in [2.45, 2.75) is 44.9 Å². The molecule has 1 aromatic carbocycles. The Hall–Kier alpha value is -2.83. The fraction of sp³-hybridized carbons (Fsp3) is 0.450. The Morgan fingerprint density at radius 3 is 2.52 bits per heavy atom. The van der Waals surface area contributed by atoms with E-state index in [-0.39, 0.29) is 25.1 Å². The predicted octanol–water partition coefficient (Wildman–Crippen LogP) is 1.68. The predicted molar refractivity (Wildman–Crippen MR) is 100 cm³/mol. The molecule has 0 aliphatic carbocycles. The third-order valence-electron chi connectivity index (χ3n) is 3.89. The molecule has 146 valence electrons. The van der Waals surface area contributed by atoms with E-state index >= 15 is 0 Å². The highest BCUT2D eigenvalue weighted by Gasteiger charge is 2.48. The summed E-state index contributed by atoms with van der Waals surface area (Å²) in [6.45, 7) is 8.62. The van der Waals surface area contributed by atoms with Crippen LogP contribution < -0.4 is 10.1 Å². The first kappa shape index (κ1) is 20.5. The maximum atomic E-state index is 12.4. The first-order chi connectivity index (χ1) is 12.7.